The molecule has 1 atom stereocenters. The molecule has 3 heteroatoms. The highest BCUT2D eigenvalue weighted by atomic mass is 32.2. The predicted octanol–water partition coefficient (Wildman–Crippen LogP) is 2.93. The Balaban J connectivity index is 2.21. The van der Waals surface area contributed by atoms with Gasteiger partial charge >= 0.3 is 0 Å². The predicted molar refractivity (Wildman–Crippen MR) is 72.3 cm³/mol. The Labute approximate surface area is 103 Å². The summed E-state index contributed by atoms with van der Waals surface area (Å²) >= 11 is 1.92. The largest absolute Gasteiger partial charge is 0.497 e. The Morgan fingerprint density at radius 3 is 2.56 bits per heavy atom. The molecule has 0 aliphatic heterocycles. The lowest BCUT2D eigenvalue weighted by atomic mass is 10.2. The highest BCUT2D eigenvalue weighted by Crippen LogP contribution is 2.11. The Morgan fingerprint density at radius 2 is 2.00 bits per heavy atom. The van der Waals surface area contributed by atoms with E-state index in [1.54, 1.807) is 7.11 Å². The number of thioether (sulfide) groups is 1. The van der Waals surface area contributed by atoms with E-state index in [-0.39, 0.29) is 0 Å². The van der Waals surface area contributed by atoms with Crippen LogP contribution >= 0.6 is 11.8 Å². The fraction of sp³-hybridized carbons (Fsp3) is 0.538. The molecule has 0 bridgehead atoms. The summed E-state index contributed by atoms with van der Waals surface area (Å²) in [4.78, 5) is 0. The lowest BCUT2D eigenvalue weighted by Gasteiger charge is -2.09. The van der Waals surface area contributed by atoms with Gasteiger partial charge in [-0.25, -0.2) is 0 Å². The quantitative estimate of drug-likeness (QED) is 0.739. The van der Waals surface area contributed by atoms with Crippen LogP contribution in [0.25, 0.3) is 0 Å². The van der Waals surface area contributed by atoms with E-state index >= 15 is 0 Å². The van der Waals surface area contributed by atoms with Crippen LogP contribution in [0.2, 0.25) is 0 Å². The van der Waals surface area contributed by atoms with Crippen molar-refractivity contribution in [1.29, 1.82) is 0 Å². The summed E-state index contributed by atoms with van der Waals surface area (Å²) in [6.45, 7) is 4.28. The molecule has 2 nitrogen and oxygen atoms in total. The van der Waals surface area contributed by atoms with E-state index in [2.05, 4.69) is 30.6 Å². The first-order valence-corrected chi connectivity index (χ1v) is 6.91. The van der Waals surface area contributed by atoms with E-state index in [0.29, 0.717) is 0 Å². The van der Waals surface area contributed by atoms with Gasteiger partial charge in [-0.05, 0) is 36.9 Å². The number of methoxy groups -OCH3 is 1. The van der Waals surface area contributed by atoms with Crippen molar-refractivity contribution < 1.29 is 4.74 Å². The highest BCUT2D eigenvalue weighted by Gasteiger charge is 1.98. The fourth-order valence-corrected chi connectivity index (χ4v) is 1.75. The van der Waals surface area contributed by atoms with E-state index in [9.17, 15) is 0 Å². The van der Waals surface area contributed by atoms with Gasteiger partial charge < -0.3 is 10.1 Å². The molecule has 1 N–H and O–H groups in total. The molecule has 0 aromatic heterocycles. The molecule has 0 heterocycles. The van der Waals surface area contributed by atoms with Crippen LogP contribution in [0, 0.1) is 0 Å². The Hall–Kier alpha value is -0.670. The van der Waals surface area contributed by atoms with Crippen molar-refractivity contribution in [2.45, 2.75) is 25.1 Å². The smallest absolute Gasteiger partial charge is 0.118 e. The van der Waals surface area contributed by atoms with Crippen molar-refractivity contribution in [3.05, 3.63) is 29.8 Å². The number of hydrogen-bond donors (Lipinski definition) is 1. The maximum Gasteiger partial charge on any atom is 0.118 e. The van der Waals surface area contributed by atoms with Gasteiger partial charge in [0.25, 0.3) is 0 Å². The normalized spacial score (nSPS) is 12.4. The van der Waals surface area contributed by atoms with Gasteiger partial charge in [-0.1, -0.05) is 19.1 Å². The summed E-state index contributed by atoms with van der Waals surface area (Å²) in [5.41, 5.74) is 1.30. The van der Waals surface area contributed by atoms with Crippen LogP contribution in [0.4, 0.5) is 0 Å². The van der Waals surface area contributed by atoms with Crippen LogP contribution in [0.3, 0.4) is 0 Å². The number of hydrogen-bond acceptors (Lipinski definition) is 3. The maximum absolute atomic E-state index is 5.12. The van der Waals surface area contributed by atoms with Crippen LogP contribution in [-0.4, -0.2) is 25.2 Å². The third kappa shape index (κ3) is 4.90. The molecule has 0 saturated carbocycles. The molecule has 90 valence electrons. The molecular formula is C13H21NOS. The Bertz CT molecular complexity index is 286. The second kappa shape index (κ2) is 7.58. The number of rotatable bonds is 7. The van der Waals surface area contributed by atoms with Gasteiger partial charge in [-0.2, -0.15) is 11.8 Å². The van der Waals surface area contributed by atoms with E-state index in [0.717, 1.165) is 24.1 Å². The van der Waals surface area contributed by atoms with Crippen LogP contribution in [0.15, 0.2) is 24.3 Å². The molecule has 1 rings (SSSR count). The lowest BCUT2D eigenvalue weighted by molar-refractivity contribution is 0.414. The first kappa shape index (κ1) is 13.4. The zero-order chi connectivity index (χ0) is 11.8. The van der Waals surface area contributed by atoms with Crippen molar-refractivity contribution in [2.24, 2.45) is 0 Å². The van der Waals surface area contributed by atoms with Gasteiger partial charge in [0.05, 0.1) is 7.11 Å². The summed E-state index contributed by atoms with van der Waals surface area (Å²) in [6, 6.07) is 8.21. The molecular weight excluding hydrogens is 218 g/mol. The highest BCUT2D eigenvalue weighted by molar-refractivity contribution is 7.99. The minimum absolute atomic E-state index is 0.739. The minimum atomic E-state index is 0.739. The van der Waals surface area contributed by atoms with Gasteiger partial charge in [0.15, 0.2) is 0 Å². The monoisotopic (exact) mass is 239 g/mol. The van der Waals surface area contributed by atoms with Crippen LogP contribution < -0.4 is 10.1 Å². The van der Waals surface area contributed by atoms with E-state index < -0.39 is 0 Å². The average molecular weight is 239 g/mol. The van der Waals surface area contributed by atoms with Gasteiger partial charge in [-0.15, -0.1) is 0 Å². The van der Waals surface area contributed by atoms with Crippen LogP contribution in [0.1, 0.15) is 18.9 Å². The molecule has 1 aromatic rings. The molecule has 0 aliphatic rings. The Kier molecular flexibility index (Phi) is 6.34. The molecule has 1 unspecified atom stereocenters. The van der Waals surface area contributed by atoms with Crippen LogP contribution in [0.5, 0.6) is 5.75 Å². The van der Waals surface area contributed by atoms with Crippen molar-refractivity contribution in [1.82, 2.24) is 5.32 Å². The van der Waals surface area contributed by atoms with E-state index in [4.69, 9.17) is 4.74 Å². The third-order valence-electron chi connectivity index (χ3n) is 2.62. The second-order valence-electron chi connectivity index (χ2n) is 3.86. The van der Waals surface area contributed by atoms with Crippen molar-refractivity contribution in [2.75, 3.05) is 19.9 Å². The number of nitrogens with one attached hydrogen (secondary N) is 1. The zero-order valence-corrected chi connectivity index (χ0v) is 11.1. The van der Waals surface area contributed by atoms with Gasteiger partial charge in [-0.3, -0.25) is 0 Å². The van der Waals surface area contributed by atoms with Crippen molar-refractivity contribution >= 4 is 11.8 Å². The molecule has 16 heavy (non-hydrogen) atoms. The van der Waals surface area contributed by atoms with Crippen molar-refractivity contribution in [3.63, 3.8) is 0 Å². The lowest BCUT2D eigenvalue weighted by Crippen LogP contribution is -2.17. The van der Waals surface area contributed by atoms with Crippen LogP contribution in [-0.2, 0) is 6.54 Å². The molecule has 0 spiro atoms. The van der Waals surface area contributed by atoms with Gasteiger partial charge in [0, 0.05) is 11.8 Å². The average Bonchev–Trinajstić information content (AvgIpc) is 2.35. The standard InChI is InChI=1S/C13H21NOS/c1-11(16-3)8-9-14-10-12-4-6-13(15-2)7-5-12/h4-7,11,14H,8-10H2,1-3H3. The molecule has 0 aliphatic carbocycles. The summed E-state index contributed by atoms with van der Waals surface area (Å²) in [5, 5.41) is 4.19. The van der Waals surface area contributed by atoms with E-state index in [1.807, 2.05) is 23.9 Å². The minimum Gasteiger partial charge on any atom is -0.497 e. The molecule has 1 aromatic carbocycles. The zero-order valence-electron chi connectivity index (χ0n) is 10.3. The number of benzene rings is 1. The first-order valence-electron chi connectivity index (χ1n) is 5.62. The molecule has 0 fully saturated rings. The second-order valence-corrected chi connectivity index (χ2v) is 5.14. The van der Waals surface area contributed by atoms with Crippen molar-refractivity contribution in [3.8, 4) is 5.75 Å². The Morgan fingerprint density at radius 1 is 1.31 bits per heavy atom. The molecule has 0 amide bonds. The summed E-state index contributed by atoms with van der Waals surface area (Å²) in [6.07, 6.45) is 3.38. The van der Waals surface area contributed by atoms with Gasteiger partial charge in [0.1, 0.15) is 5.75 Å². The summed E-state index contributed by atoms with van der Waals surface area (Å²) < 4.78 is 5.12. The third-order valence-corrected chi connectivity index (χ3v) is 3.66. The summed E-state index contributed by atoms with van der Waals surface area (Å²) in [5.74, 6) is 0.916. The number of ether oxygens (including phenoxy) is 1. The maximum atomic E-state index is 5.12. The van der Waals surface area contributed by atoms with E-state index in [1.165, 1.54) is 12.0 Å². The summed E-state index contributed by atoms with van der Waals surface area (Å²) in [7, 11) is 1.69. The van der Waals surface area contributed by atoms with Gasteiger partial charge in [0.2, 0.25) is 0 Å². The molecule has 0 saturated heterocycles. The SMILES string of the molecule is COc1ccc(CNCCC(C)SC)cc1. The fourth-order valence-electron chi connectivity index (χ4n) is 1.40. The topological polar surface area (TPSA) is 21.3 Å². The first-order chi connectivity index (χ1) is 7.76. The molecule has 0 radical (unpaired) electrons.